The predicted molar refractivity (Wildman–Crippen MR) is 636 cm³/mol. The van der Waals surface area contributed by atoms with Crippen molar-refractivity contribution >= 4 is 49.9 Å². The Balaban J connectivity index is 1.21. The second-order valence-electron chi connectivity index (χ2n) is 44.2. The SMILES string of the molecule is CCCCCCCCCCCCCCCCCOC(=O)CCCCCCCCCCCCCCCCCSP(Oc1ccc(C(C)(C)c2ccc(OP(Oc3ccccc3CCCCCCCCCCCCCCCCC)SCCCCCCCCCCCCCCCCCC(=O)OCCCCCCCCCCCCCCCCC)cc2)cc1)Oc1ccccc1CCCCCCCCCCCCCCCCC. The van der Waals surface area contributed by atoms with E-state index >= 15 is 0 Å². The summed E-state index contributed by atoms with van der Waals surface area (Å²) in [7, 11) is -2.59. The molecule has 0 aliphatic heterocycles. The van der Waals surface area contributed by atoms with Crippen molar-refractivity contribution in [2.45, 2.75) is 651 Å². The van der Waals surface area contributed by atoms with E-state index in [1.807, 2.05) is 22.8 Å². The highest BCUT2D eigenvalue weighted by atomic mass is 32.7. The van der Waals surface area contributed by atoms with Crippen LogP contribution >= 0.6 is 37.9 Å². The van der Waals surface area contributed by atoms with Crippen LogP contribution in [0.1, 0.15) is 655 Å². The van der Waals surface area contributed by atoms with Gasteiger partial charge >= 0.3 is 27.1 Å². The molecule has 8 nitrogen and oxygen atoms in total. The summed E-state index contributed by atoms with van der Waals surface area (Å²) in [6.07, 6.45) is 123. The molecule has 0 amide bonds. The molecule has 0 saturated carbocycles. The number of carbonyl (C=O) groups excluding carboxylic acids is 2. The summed E-state index contributed by atoms with van der Waals surface area (Å²) in [6.45, 7) is 15.1. The summed E-state index contributed by atoms with van der Waals surface area (Å²) >= 11 is 3.76. The van der Waals surface area contributed by atoms with Crippen LogP contribution in [0.5, 0.6) is 23.0 Å². The van der Waals surface area contributed by atoms with Crippen LogP contribution in [-0.4, -0.2) is 36.7 Å². The molecule has 824 valence electrons. The zero-order valence-electron chi connectivity index (χ0n) is 95.0. The van der Waals surface area contributed by atoms with Crippen molar-refractivity contribution in [2.75, 3.05) is 24.7 Å². The Bertz CT molecular complexity index is 3120. The number of hydrogen-bond acceptors (Lipinski definition) is 10. The highest BCUT2D eigenvalue weighted by Crippen LogP contribution is 2.55. The molecule has 0 aliphatic carbocycles. The van der Waals surface area contributed by atoms with Crippen molar-refractivity contribution in [3.8, 4) is 23.0 Å². The quantitative estimate of drug-likeness (QED) is 0.0242. The fraction of sp³-hybridized carbons (Fsp3) is 0.802. The average molecular weight is 2060 g/mol. The van der Waals surface area contributed by atoms with Crippen molar-refractivity contribution in [1.82, 2.24) is 0 Å². The minimum Gasteiger partial charge on any atom is -0.466 e. The first-order valence-electron chi connectivity index (χ1n) is 62.9. The smallest absolute Gasteiger partial charge is 0.360 e. The summed E-state index contributed by atoms with van der Waals surface area (Å²) in [5, 5.41) is 0. The Hall–Kier alpha value is -3.42. The Morgan fingerprint density at radius 1 is 0.217 bits per heavy atom. The average Bonchev–Trinajstić information content (AvgIpc) is 0.800. The maximum atomic E-state index is 12.4. The first-order valence-corrected chi connectivity index (χ1v) is 68.5. The molecule has 12 heteroatoms. The molecule has 0 radical (unpaired) electrons. The van der Waals surface area contributed by atoms with Crippen molar-refractivity contribution in [3.05, 3.63) is 119 Å². The summed E-state index contributed by atoms with van der Waals surface area (Å²) in [4.78, 5) is 24.7. The second-order valence-corrected chi connectivity index (χ2v) is 50.5. The fourth-order valence-electron chi connectivity index (χ4n) is 20.6. The van der Waals surface area contributed by atoms with Gasteiger partial charge in [-0.05, 0) is 146 Å². The molecular weight excluding hydrogens is 1830 g/mol. The molecule has 2 unspecified atom stereocenters. The molecule has 2 atom stereocenters. The summed E-state index contributed by atoms with van der Waals surface area (Å²) < 4.78 is 39.2. The lowest BCUT2D eigenvalue weighted by atomic mass is 9.78. The van der Waals surface area contributed by atoms with E-state index in [-0.39, 0.29) is 17.4 Å². The maximum absolute atomic E-state index is 12.4. The third-order valence-corrected chi connectivity index (χ3v) is 36.4. The number of aryl methyl sites for hydroxylation is 2. The topological polar surface area (TPSA) is 89.5 Å². The van der Waals surface area contributed by atoms with Gasteiger partial charge in [-0.3, -0.25) is 9.59 Å². The Kier molecular flexibility index (Phi) is 93.8. The fourth-order valence-corrected chi connectivity index (χ4v) is 26.4. The molecule has 143 heavy (non-hydrogen) atoms. The Morgan fingerprint density at radius 3 is 0.629 bits per heavy atom. The molecule has 0 bridgehead atoms. The standard InChI is InChI=1S/C131H230O8P2S2/c1-7-11-15-19-23-27-31-35-41-49-57-65-73-81-89-101-121-103-93-95-105-127(121)138-140(142-119-99-87-79-71-63-55-47-39-43-51-59-67-75-83-91-107-129(132)134-117-97-85-77-69-61-53-45-37-33-29-25-21-17-13-9-3)136-125-113-109-123(110-114-125)131(5,6)124-111-115-126(116-112-124)137-141(139-128-106-96-94-104-122(128)102-90-82-74-66-58-50-42-36-32-28-24-20-16-12-8-2)143-120-100-88-80-72-64-56-48-40-44-52-60-68-76-84-92-108-130(133)135-118-98-86-78-70-62-54-46-38-34-30-26-22-18-14-10-4/h93-96,103-106,109-116H,7-92,97-102,107-108,117-120H2,1-6H3. The Morgan fingerprint density at radius 2 is 0.406 bits per heavy atom. The molecule has 0 heterocycles. The lowest BCUT2D eigenvalue weighted by Crippen LogP contribution is -2.18. The van der Waals surface area contributed by atoms with Crippen LogP contribution in [0, 0.1) is 0 Å². The van der Waals surface area contributed by atoms with Crippen LogP contribution in [0.3, 0.4) is 0 Å². The summed E-state index contributed by atoms with van der Waals surface area (Å²) in [6, 6.07) is 35.4. The number of hydrogen-bond donors (Lipinski definition) is 0. The van der Waals surface area contributed by atoms with E-state index < -0.39 is 15.2 Å². The maximum Gasteiger partial charge on any atom is 0.360 e. The zero-order chi connectivity index (χ0) is 102. The first-order chi connectivity index (χ1) is 70.7. The van der Waals surface area contributed by atoms with Gasteiger partial charge in [-0.1, -0.05) is 629 Å². The van der Waals surface area contributed by atoms with E-state index in [1.165, 1.54) is 562 Å². The van der Waals surface area contributed by atoms with E-state index in [0.717, 1.165) is 85.9 Å². The van der Waals surface area contributed by atoms with Crippen molar-refractivity contribution in [1.29, 1.82) is 0 Å². The Labute approximate surface area is 898 Å². The number of para-hydroxylation sites is 2. The van der Waals surface area contributed by atoms with Crippen LogP contribution < -0.4 is 18.1 Å². The third kappa shape index (κ3) is 81.1. The predicted octanol–water partition coefficient (Wildman–Crippen LogP) is 47.0. The highest BCUT2D eigenvalue weighted by molar-refractivity contribution is 8.53. The molecule has 0 saturated heterocycles. The van der Waals surface area contributed by atoms with Gasteiger partial charge in [0, 0.05) is 29.8 Å². The number of unbranched alkanes of at least 4 members (excludes halogenated alkanes) is 84. The van der Waals surface area contributed by atoms with Crippen molar-refractivity contribution in [2.24, 2.45) is 0 Å². The molecule has 0 fully saturated rings. The minimum atomic E-state index is -1.29. The van der Waals surface area contributed by atoms with E-state index in [1.54, 1.807) is 0 Å². The molecule has 4 aromatic carbocycles. The molecule has 4 aromatic rings. The first kappa shape index (κ1) is 132. The van der Waals surface area contributed by atoms with E-state index in [9.17, 15) is 9.59 Å². The van der Waals surface area contributed by atoms with Crippen LogP contribution in [0.4, 0.5) is 0 Å². The molecule has 0 aromatic heterocycles. The summed E-state index contributed by atoms with van der Waals surface area (Å²) in [5.41, 5.74) is 4.84. The van der Waals surface area contributed by atoms with E-state index in [2.05, 4.69) is 139 Å². The largest absolute Gasteiger partial charge is 0.466 e. The van der Waals surface area contributed by atoms with Gasteiger partial charge in [0.05, 0.1) is 13.2 Å². The molecule has 0 aliphatic rings. The number of ether oxygens (including phenoxy) is 2. The monoisotopic (exact) mass is 2060 g/mol. The zero-order valence-corrected chi connectivity index (χ0v) is 98.4. The van der Waals surface area contributed by atoms with Gasteiger partial charge < -0.3 is 27.6 Å². The number of benzene rings is 4. The third-order valence-electron chi connectivity index (χ3n) is 30.4. The van der Waals surface area contributed by atoms with Gasteiger partial charge in [-0.25, -0.2) is 0 Å². The van der Waals surface area contributed by atoms with Gasteiger partial charge in [-0.2, -0.15) is 0 Å². The molecule has 4 rings (SSSR count). The van der Waals surface area contributed by atoms with Gasteiger partial charge in [0.15, 0.2) is 0 Å². The lowest BCUT2D eigenvalue weighted by Gasteiger charge is -2.27. The van der Waals surface area contributed by atoms with Crippen LogP contribution in [-0.2, 0) is 37.3 Å². The van der Waals surface area contributed by atoms with Gasteiger partial charge in [0.1, 0.15) is 23.0 Å². The second kappa shape index (κ2) is 102. The lowest BCUT2D eigenvalue weighted by molar-refractivity contribution is -0.144. The number of esters is 2. The molecular formula is C131H230O8P2S2. The van der Waals surface area contributed by atoms with Gasteiger partial charge in [-0.15, -0.1) is 0 Å². The summed E-state index contributed by atoms with van der Waals surface area (Å²) in [5.74, 6) is 5.78. The minimum absolute atomic E-state index is 0.0149. The van der Waals surface area contributed by atoms with Gasteiger partial charge in [0.25, 0.3) is 0 Å². The van der Waals surface area contributed by atoms with Crippen LogP contribution in [0.25, 0.3) is 0 Å². The number of carbonyl (C=O) groups is 2. The highest BCUT2D eigenvalue weighted by Gasteiger charge is 2.26. The van der Waals surface area contributed by atoms with Crippen LogP contribution in [0.2, 0.25) is 0 Å². The normalized spacial score (nSPS) is 12.1. The van der Waals surface area contributed by atoms with Crippen molar-refractivity contribution < 1.29 is 37.2 Å². The number of rotatable bonds is 112. The molecule has 0 N–H and O–H groups in total. The van der Waals surface area contributed by atoms with Crippen molar-refractivity contribution in [3.63, 3.8) is 0 Å². The van der Waals surface area contributed by atoms with Crippen LogP contribution in [0.15, 0.2) is 97.1 Å². The van der Waals surface area contributed by atoms with E-state index in [4.69, 9.17) is 27.6 Å². The molecule has 0 spiro atoms. The van der Waals surface area contributed by atoms with E-state index in [0.29, 0.717) is 26.1 Å². The van der Waals surface area contributed by atoms with Gasteiger partial charge in [0.2, 0.25) is 0 Å².